The number of hydrogen-bond acceptors (Lipinski definition) is 3. The first-order valence-electron chi connectivity index (χ1n) is 14.9. The number of nitrogens with zero attached hydrogens (tertiary/aromatic N) is 2. The maximum atomic E-state index is 14.3. The molecule has 5 aromatic rings. The van der Waals surface area contributed by atoms with Crippen molar-refractivity contribution in [1.82, 2.24) is 15.2 Å². The first-order chi connectivity index (χ1) is 21.4. The molecule has 0 spiro atoms. The first kappa shape index (κ1) is 27.6. The minimum atomic E-state index is -0.787. The number of aromatic amines is 1. The average Bonchev–Trinajstić information content (AvgIpc) is 3.54. The summed E-state index contributed by atoms with van der Waals surface area (Å²) in [6.45, 7) is 1.95. The number of carbonyl (C=O) groups is 3. The number of aromatic nitrogens is 1. The van der Waals surface area contributed by atoms with E-state index in [1.165, 1.54) is 17.7 Å². The van der Waals surface area contributed by atoms with E-state index < -0.39 is 24.0 Å². The number of aryl methyl sites for hydroxylation is 1. The van der Waals surface area contributed by atoms with Gasteiger partial charge < -0.3 is 10.3 Å². The summed E-state index contributed by atoms with van der Waals surface area (Å²) in [7, 11) is 0. The molecule has 3 atom stereocenters. The molecular weight excluding hydrogens is 555 g/mol. The number of hydrogen-bond donors (Lipinski definition) is 2. The maximum absolute atomic E-state index is 14.3. The van der Waals surface area contributed by atoms with Crippen LogP contribution in [-0.2, 0) is 17.6 Å². The molecular formula is C36H31FN4O3. The second-order valence-corrected chi connectivity index (χ2v) is 11.5. The van der Waals surface area contributed by atoms with Crippen LogP contribution in [0.15, 0.2) is 103 Å². The molecule has 2 aliphatic rings. The van der Waals surface area contributed by atoms with Crippen LogP contribution < -0.4 is 10.2 Å². The third-order valence-corrected chi connectivity index (χ3v) is 8.71. The lowest BCUT2D eigenvalue weighted by atomic mass is 9.89. The average molecular weight is 587 g/mol. The molecule has 44 heavy (non-hydrogen) atoms. The van der Waals surface area contributed by atoms with Crippen molar-refractivity contribution in [3.63, 3.8) is 0 Å². The van der Waals surface area contributed by atoms with Crippen LogP contribution in [0.5, 0.6) is 0 Å². The Balaban J connectivity index is 1.22. The molecule has 1 aromatic heterocycles. The van der Waals surface area contributed by atoms with Gasteiger partial charge in [0.25, 0.3) is 11.8 Å². The van der Waals surface area contributed by atoms with Crippen LogP contribution in [0.1, 0.15) is 52.1 Å². The van der Waals surface area contributed by atoms with Crippen molar-refractivity contribution in [1.29, 1.82) is 0 Å². The van der Waals surface area contributed by atoms with Gasteiger partial charge in [-0.1, -0.05) is 72.8 Å². The monoisotopic (exact) mass is 586 g/mol. The second kappa shape index (κ2) is 11.1. The molecule has 1 fully saturated rings. The van der Waals surface area contributed by atoms with Gasteiger partial charge in [0.2, 0.25) is 0 Å². The quantitative estimate of drug-likeness (QED) is 0.212. The summed E-state index contributed by atoms with van der Waals surface area (Å²) in [5, 5.41) is 4.03. The van der Waals surface area contributed by atoms with E-state index >= 15 is 0 Å². The van der Waals surface area contributed by atoms with Gasteiger partial charge in [0.05, 0.1) is 11.3 Å². The van der Waals surface area contributed by atoms with E-state index in [9.17, 15) is 18.8 Å². The van der Waals surface area contributed by atoms with Gasteiger partial charge in [-0.3, -0.25) is 14.5 Å². The zero-order chi connectivity index (χ0) is 30.4. The number of anilines is 1. The first-order valence-corrected chi connectivity index (χ1v) is 14.9. The molecule has 0 bridgehead atoms. The predicted octanol–water partition coefficient (Wildman–Crippen LogP) is 6.54. The zero-order valence-corrected chi connectivity index (χ0v) is 24.2. The van der Waals surface area contributed by atoms with Crippen LogP contribution in [0.25, 0.3) is 10.9 Å². The molecule has 4 aromatic carbocycles. The molecule has 4 amide bonds. The Morgan fingerprint density at radius 1 is 0.932 bits per heavy atom. The number of fused-ring (bicyclic) bond motifs is 4. The summed E-state index contributed by atoms with van der Waals surface area (Å²) in [4.78, 5) is 48.2. The van der Waals surface area contributed by atoms with E-state index in [1.54, 1.807) is 41.3 Å². The molecule has 0 unspecified atom stereocenters. The van der Waals surface area contributed by atoms with Crippen LogP contribution in [-0.4, -0.2) is 39.8 Å². The van der Waals surface area contributed by atoms with Crippen molar-refractivity contribution < 1.29 is 18.8 Å². The lowest BCUT2D eigenvalue weighted by Crippen LogP contribution is -2.44. The predicted molar refractivity (Wildman–Crippen MR) is 167 cm³/mol. The van der Waals surface area contributed by atoms with E-state index in [4.69, 9.17) is 0 Å². The Labute approximate surface area is 254 Å². The highest BCUT2D eigenvalue weighted by Crippen LogP contribution is 2.45. The minimum absolute atomic E-state index is 0.131. The van der Waals surface area contributed by atoms with Crippen molar-refractivity contribution >= 4 is 34.4 Å². The molecule has 8 heteroatoms. The number of imide groups is 1. The molecule has 0 aliphatic carbocycles. The number of benzene rings is 4. The maximum Gasteiger partial charge on any atom is 0.332 e. The molecule has 2 N–H and O–H groups in total. The number of para-hydroxylation sites is 2. The Hall–Kier alpha value is -5.24. The summed E-state index contributed by atoms with van der Waals surface area (Å²) in [5.74, 6) is -1.13. The van der Waals surface area contributed by atoms with Crippen LogP contribution in [0.4, 0.5) is 14.9 Å². The van der Waals surface area contributed by atoms with Crippen molar-refractivity contribution in [3.05, 3.63) is 137 Å². The van der Waals surface area contributed by atoms with Gasteiger partial charge in [0, 0.05) is 29.1 Å². The van der Waals surface area contributed by atoms with Gasteiger partial charge in [-0.15, -0.1) is 0 Å². The van der Waals surface area contributed by atoms with Crippen molar-refractivity contribution in [2.45, 2.75) is 44.3 Å². The van der Waals surface area contributed by atoms with Crippen molar-refractivity contribution in [2.75, 3.05) is 4.90 Å². The topological polar surface area (TPSA) is 85.5 Å². The molecule has 0 radical (unpaired) electrons. The Kier molecular flexibility index (Phi) is 6.97. The number of H-pyrrole nitrogens is 1. The number of rotatable bonds is 7. The number of halogens is 1. The second-order valence-electron chi connectivity index (χ2n) is 11.5. The van der Waals surface area contributed by atoms with Gasteiger partial charge in [-0.25, -0.2) is 14.1 Å². The van der Waals surface area contributed by atoms with Crippen LogP contribution in [0.2, 0.25) is 0 Å². The number of amides is 4. The normalized spacial score (nSPS) is 18.3. The number of urea groups is 1. The summed E-state index contributed by atoms with van der Waals surface area (Å²) in [6.07, 6.45) is 1.87. The molecule has 3 heterocycles. The summed E-state index contributed by atoms with van der Waals surface area (Å²) < 4.78 is 14.0. The van der Waals surface area contributed by atoms with E-state index in [-0.39, 0.29) is 29.0 Å². The number of nitrogens with one attached hydrogen (secondary N) is 2. The third kappa shape index (κ3) is 4.72. The van der Waals surface area contributed by atoms with Crippen LogP contribution >= 0.6 is 0 Å². The fourth-order valence-corrected chi connectivity index (χ4v) is 6.55. The molecule has 7 rings (SSSR count). The van der Waals surface area contributed by atoms with E-state index in [0.29, 0.717) is 12.0 Å². The Morgan fingerprint density at radius 3 is 2.43 bits per heavy atom. The Bertz CT molecular complexity index is 1890. The standard InChI is InChI=1S/C36H31FN4O3/c1-22(15-16-23-9-3-2-4-10-23)38-34(42)27-12-6-8-14-30(27)41-35(43)31-21-28-26-11-5-7-13-29(26)39-32(28)33(40(31)36(41)44)24-17-19-25(37)20-18-24/h2-14,17-20,22,31,33,39H,15-16,21H2,1H3,(H,38,42)/t22-,31-,33-/m0/s1. The molecule has 1 saturated heterocycles. The van der Waals surface area contributed by atoms with Gasteiger partial charge >= 0.3 is 6.03 Å². The highest BCUT2D eigenvalue weighted by molar-refractivity contribution is 6.24. The molecule has 220 valence electrons. The Morgan fingerprint density at radius 2 is 1.64 bits per heavy atom. The summed E-state index contributed by atoms with van der Waals surface area (Å²) in [5.41, 5.74) is 5.04. The van der Waals surface area contributed by atoms with Crippen LogP contribution in [0, 0.1) is 5.82 Å². The third-order valence-electron chi connectivity index (χ3n) is 8.71. The lowest BCUT2D eigenvalue weighted by Gasteiger charge is -2.36. The largest absolute Gasteiger partial charge is 0.356 e. The van der Waals surface area contributed by atoms with E-state index in [1.807, 2.05) is 49.4 Å². The molecule has 7 nitrogen and oxygen atoms in total. The fourth-order valence-electron chi connectivity index (χ4n) is 6.55. The van der Waals surface area contributed by atoms with Crippen LogP contribution in [0.3, 0.4) is 0 Å². The highest BCUT2D eigenvalue weighted by Gasteiger charge is 2.53. The highest BCUT2D eigenvalue weighted by atomic mass is 19.1. The molecule has 2 aliphatic heterocycles. The van der Waals surface area contributed by atoms with Gasteiger partial charge in [-0.2, -0.15) is 0 Å². The summed E-state index contributed by atoms with van der Waals surface area (Å²) >= 11 is 0. The van der Waals surface area contributed by atoms with E-state index in [2.05, 4.69) is 22.4 Å². The smallest absolute Gasteiger partial charge is 0.332 e. The van der Waals surface area contributed by atoms with Gasteiger partial charge in [0.15, 0.2) is 0 Å². The number of carbonyl (C=O) groups excluding carboxylic acids is 3. The zero-order valence-electron chi connectivity index (χ0n) is 24.2. The van der Waals surface area contributed by atoms with Gasteiger partial charge in [0.1, 0.15) is 17.9 Å². The summed E-state index contributed by atoms with van der Waals surface area (Å²) in [6, 6.07) is 28.6. The van der Waals surface area contributed by atoms with Crippen molar-refractivity contribution in [3.8, 4) is 0 Å². The molecule has 0 saturated carbocycles. The van der Waals surface area contributed by atoms with Crippen molar-refractivity contribution in [2.24, 2.45) is 0 Å². The SMILES string of the molecule is C[C@@H](CCc1ccccc1)NC(=O)c1ccccc1N1C(=O)[C@@H]2Cc3c([nH]c4ccccc34)[C@H](c3ccc(F)cc3)N2C1=O. The van der Waals surface area contributed by atoms with E-state index in [0.717, 1.165) is 39.9 Å². The fraction of sp³-hybridized carbons (Fsp3) is 0.194. The minimum Gasteiger partial charge on any atom is -0.356 e. The lowest BCUT2D eigenvalue weighted by molar-refractivity contribution is -0.120. The van der Waals surface area contributed by atoms with Gasteiger partial charge in [-0.05, 0) is 66.8 Å².